The molecule has 3 rings (SSSR count). The summed E-state index contributed by atoms with van der Waals surface area (Å²) >= 11 is 0. The van der Waals surface area contributed by atoms with Gasteiger partial charge in [0.05, 0.1) is 12.7 Å². The molecule has 0 bridgehead atoms. The second kappa shape index (κ2) is 7.89. The van der Waals surface area contributed by atoms with Crippen LogP contribution in [-0.2, 0) is 11.3 Å². The first-order valence-electron chi connectivity index (χ1n) is 7.93. The van der Waals surface area contributed by atoms with Gasteiger partial charge in [-0.2, -0.15) is 0 Å². The van der Waals surface area contributed by atoms with E-state index in [-0.39, 0.29) is 5.91 Å². The Morgan fingerprint density at radius 2 is 1.92 bits per heavy atom. The average Bonchev–Trinajstić information content (AvgIpc) is 3.08. The number of carbonyl (C=O) groups excluding carboxylic acids is 2. The van der Waals surface area contributed by atoms with Gasteiger partial charge in [0, 0.05) is 17.3 Å². The Morgan fingerprint density at radius 3 is 2.69 bits per heavy atom. The number of carbonyl (C=O) groups is 2. The van der Waals surface area contributed by atoms with Crippen LogP contribution in [0.2, 0.25) is 0 Å². The number of anilines is 1. The molecule has 7 nitrogen and oxygen atoms in total. The van der Waals surface area contributed by atoms with E-state index in [9.17, 15) is 9.59 Å². The fourth-order valence-corrected chi connectivity index (χ4v) is 2.33. The zero-order valence-electron chi connectivity index (χ0n) is 13.9. The van der Waals surface area contributed by atoms with Gasteiger partial charge in [0.15, 0.2) is 0 Å². The van der Waals surface area contributed by atoms with Gasteiger partial charge in [0.25, 0.3) is 0 Å². The summed E-state index contributed by atoms with van der Waals surface area (Å²) in [5.41, 5.74) is 7.72. The number of nitrogens with one attached hydrogen (secondary N) is 1. The average molecular weight is 347 g/mol. The molecule has 3 aromatic rings. The molecule has 7 heteroatoms. The van der Waals surface area contributed by atoms with Crippen LogP contribution in [0.3, 0.4) is 0 Å². The first-order chi connectivity index (χ1) is 12.6. The van der Waals surface area contributed by atoms with Crippen LogP contribution in [0.4, 0.5) is 5.69 Å². The van der Waals surface area contributed by atoms with Crippen molar-refractivity contribution in [3.05, 3.63) is 83.7 Å². The van der Waals surface area contributed by atoms with E-state index < -0.39 is 5.91 Å². The number of primary amides is 1. The lowest BCUT2D eigenvalue weighted by molar-refractivity contribution is -0.111. The highest BCUT2D eigenvalue weighted by atomic mass is 16.1. The van der Waals surface area contributed by atoms with E-state index in [1.54, 1.807) is 35.2 Å². The SMILES string of the molecule is NC(=O)c1cccc(NC(=O)/C=C/c2cn(Cc3ccccc3)nn2)c1. The summed E-state index contributed by atoms with van der Waals surface area (Å²) in [6.07, 6.45) is 4.68. The number of nitrogens with two attached hydrogens (primary N) is 1. The third-order valence-electron chi connectivity index (χ3n) is 3.56. The van der Waals surface area contributed by atoms with Crippen LogP contribution >= 0.6 is 0 Å². The van der Waals surface area contributed by atoms with Gasteiger partial charge in [0.1, 0.15) is 5.69 Å². The van der Waals surface area contributed by atoms with Crippen molar-refractivity contribution in [2.45, 2.75) is 6.54 Å². The summed E-state index contributed by atoms with van der Waals surface area (Å²) in [5, 5.41) is 10.7. The van der Waals surface area contributed by atoms with Crippen molar-refractivity contribution in [1.29, 1.82) is 0 Å². The molecule has 26 heavy (non-hydrogen) atoms. The lowest BCUT2D eigenvalue weighted by Gasteiger charge is -2.03. The summed E-state index contributed by atoms with van der Waals surface area (Å²) in [6.45, 7) is 0.605. The molecule has 0 atom stereocenters. The van der Waals surface area contributed by atoms with Crippen molar-refractivity contribution in [2.75, 3.05) is 5.32 Å². The molecule has 0 fully saturated rings. The molecule has 0 saturated carbocycles. The molecule has 0 aliphatic carbocycles. The molecular weight excluding hydrogens is 330 g/mol. The molecular formula is C19H17N5O2. The molecule has 1 heterocycles. The van der Waals surface area contributed by atoms with Gasteiger partial charge in [-0.05, 0) is 29.8 Å². The number of hydrogen-bond acceptors (Lipinski definition) is 4. The maximum atomic E-state index is 12.0. The van der Waals surface area contributed by atoms with Crippen molar-refractivity contribution in [3.63, 3.8) is 0 Å². The van der Waals surface area contributed by atoms with Gasteiger partial charge in [-0.15, -0.1) is 5.10 Å². The smallest absolute Gasteiger partial charge is 0.248 e. The maximum Gasteiger partial charge on any atom is 0.248 e. The fraction of sp³-hybridized carbons (Fsp3) is 0.0526. The Bertz CT molecular complexity index is 947. The number of aromatic nitrogens is 3. The van der Waals surface area contributed by atoms with Crippen molar-refractivity contribution < 1.29 is 9.59 Å². The van der Waals surface area contributed by atoms with E-state index in [4.69, 9.17) is 5.73 Å². The lowest BCUT2D eigenvalue weighted by Crippen LogP contribution is -2.12. The zero-order chi connectivity index (χ0) is 18.4. The topological polar surface area (TPSA) is 103 Å². The van der Waals surface area contributed by atoms with E-state index >= 15 is 0 Å². The predicted octanol–water partition coefficient (Wildman–Crippen LogP) is 2.08. The highest BCUT2D eigenvalue weighted by Gasteiger charge is 2.04. The Kier molecular flexibility index (Phi) is 5.19. The first-order valence-corrected chi connectivity index (χ1v) is 7.93. The zero-order valence-corrected chi connectivity index (χ0v) is 13.9. The predicted molar refractivity (Wildman–Crippen MR) is 98.2 cm³/mol. The van der Waals surface area contributed by atoms with Crippen LogP contribution < -0.4 is 11.1 Å². The summed E-state index contributed by atoms with van der Waals surface area (Å²) in [7, 11) is 0. The summed E-state index contributed by atoms with van der Waals surface area (Å²) in [4.78, 5) is 23.2. The number of nitrogens with zero attached hydrogens (tertiary/aromatic N) is 3. The van der Waals surface area contributed by atoms with Crippen molar-refractivity contribution in [2.24, 2.45) is 5.73 Å². The molecule has 1 aromatic heterocycles. The normalized spacial score (nSPS) is 10.8. The highest BCUT2D eigenvalue weighted by molar-refractivity contribution is 6.02. The second-order valence-corrected chi connectivity index (χ2v) is 5.59. The molecule has 0 aliphatic heterocycles. The molecule has 0 radical (unpaired) electrons. The van der Waals surface area contributed by atoms with E-state index in [0.717, 1.165) is 5.56 Å². The van der Waals surface area contributed by atoms with Crippen LogP contribution in [0.5, 0.6) is 0 Å². The van der Waals surface area contributed by atoms with Crippen LogP contribution in [0.15, 0.2) is 66.9 Å². The Hall–Kier alpha value is -3.74. The summed E-state index contributed by atoms with van der Waals surface area (Å²) in [5.74, 6) is -0.893. The minimum atomic E-state index is -0.549. The minimum absolute atomic E-state index is 0.329. The third kappa shape index (κ3) is 4.64. The molecule has 3 N–H and O–H groups in total. The molecule has 130 valence electrons. The Labute approximate surface area is 150 Å². The standard InChI is InChI=1S/C19H17N5O2/c20-19(26)15-7-4-8-16(11-15)21-18(25)10-9-17-13-24(23-22-17)12-14-5-2-1-3-6-14/h1-11,13H,12H2,(H2,20,26)(H,21,25)/b10-9+. The van der Waals surface area contributed by atoms with E-state index in [2.05, 4.69) is 15.6 Å². The van der Waals surface area contributed by atoms with Gasteiger partial charge in [0.2, 0.25) is 11.8 Å². The molecule has 0 spiro atoms. The lowest BCUT2D eigenvalue weighted by atomic mass is 10.2. The van der Waals surface area contributed by atoms with E-state index in [1.165, 1.54) is 12.1 Å². The summed E-state index contributed by atoms with van der Waals surface area (Å²) < 4.78 is 1.70. The monoisotopic (exact) mass is 347 g/mol. The van der Waals surface area contributed by atoms with E-state index in [0.29, 0.717) is 23.5 Å². The molecule has 0 aliphatic rings. The van der Waals surface area contributed by atoms with Crippen LogP contribution in [0, 0.1) is 0 Å². The maximum absolute atomic E-state index is 12.0. The van der Waals surface area contributed by atoms with Gasteiger partial charge in [-0.3, -0.25) is 9.59 Å². The molecule has 0 unspecified atom stereocenters. The molecule has 2 aromatic carbocycles. The quantitative estimate of drug-likeness (QED) is 0.666. The Morgan fingerprint density at radius 1 is 1.12 bits per heavy atom. The number of amides is 2. The summed E-state index contributed by atoms with van der Waals surface area (Å²) in [6, 6.07) is 16.3. The Balaban J connectivity index is 1.60. The van der Waals surface area contributed by atoms with Crippen molar-refractivity contribution in [1.82, 2.24) is 15.0 Å². The second-order valence-electron chi connectivity index (χ2n) is 5.59. The highest BCUT2D eigenvalue weighted by Crippen LogP contribution is 2.10. The number of hydrogen-bond donors (Lipinski definition) is 2. The molecule has 2 amide bonds. The fourth-order valence-electron chi connectivity index (χ4n) is 2.33. The van der Waals surface area contributed by atoms with Crippen LogP contribution in [0.1, 0.15) is 21.6 Å². The van der Waals surface area contributed by atoms with E-state index in [1.807, 2.05) is 30.3 Å². The van der Waals surface area contributed by atoms with Crippen LogP contribution in [-0.4, -0.2) is 26.8 Å². The molecule has 0 saturated heterocycles. The van der Waals surface area contributed by atoms with Gasteiger partial charge < -0.3 is 11.1 Å². The first kappa shape index (κ1) is 17.1. The van der Waals surface area contributed by atoms with Gasteiger partial charge >= 0.3 is 0 Å². The third-order valence-corrected chi connectivity index (χ3v) is 3.56. The van der Waals surface area contributed by atoms with Gasteiger partial charge in [-0.25, -0.2) is 4.68 Å². The number of benzene rings is 2. The number of rotatable bonds is 6. The largest absolute Gasteiger partial charge is 0.366 e. The van der Waals surface area contributed by atoms with Crippen molar-refractivity contribution >= 4 is 23.6 Å². The van der Waals surface area contributed by atoms with Gasteiger partial charge in [-0.1, -0.05) is 41.6 Å². The van der Waals surface area contributed by atoms with Crippen LogP contribution in [0.25, 0.3) is 6.08 Å². The minimum Gasteiger partial charge on any atom is -0.366 e. The van der Waals surface area contributed by atoms with Crippen molar-refractivity contribution in [3.8, 4) is 0 Å².